The summed E-state index contributed by atoms with van der Waals surface area (Å²) >= 11 is 1.85. The number of hydrogen-bond donors (Lipinski definition) is 2. The van der Waals surface area contributed by atoms with Crippen molar-refractivity contribution in [1.82, 2.24) is 20.4 Å². The number of likely N-dealkylation sites (tertiary alicyclic amines) is 1. The highest BCUT2D eigenvalue weighted by atomic mass is 127. The summed E-state index contributed by atoms with van der Waals surface area (Å²) in [6.07, 6.45) is 2.62. The van der Waals surface area contributed by atoms with Gasteiger partial charge in [-0.3, -0.25) is 9.89 Å². The van der Waals surface area contributed by atoms with Gasteiger partial charge in [-0.1, -0.05) is 6.07 Å². The molecule has 2 rings (SSSR count). The lowest BCUT2D eigenvalue weighted by molar-refractivity contribution is 0.197. The number of likely N-dealkylation sites (N-methyl/N-ethyl adjacent to an activating group) is 1. The maximum atomic E-state index is 4.39. The van der Waals surface area contributed by atoms with Crippen LogP contribution in [0.4, 0.5) is 0 Å². The summed E-state index contributed by atoms with van der Waals surface area (Å²) in [5.41, 5.74) is 0.0831. The van der Waals surface area contributed by atoms with Gasteiger partial charge in [0, 0.05) is 30.6 Å². The van der Waals surface area contributed by atoms with Crippen LogP contribution in [0.2, 0.25) is 0 Å². The maximum absolute atomic E-state index is 4.39. The van der Waals surface area contributed by atoms with Crippen molar-refractivity contribution in [2.75, 3.05) is 47.3 Å². The number of rotatable bonds is 7. The molecule has 1 aromatic rings. The molecular weight excluding hydrogens is 445 g/mol. The minimum atomic E-state index is 0. The summed E-state index contributed by atoms with van der Waals surface area (Å²) in [5, 5.41) is 9.17. The molecule has 0 spiro atoms. The third-order valence-electron chi connectivity index (χ3n) is 5.04. The van der Waals surface area contributed by atoms with Crippen molar-refractivity contribution in [3.63, 3.8) is 0 Å². The molecule has 144 valence electrons. The molecule has 0 radical (unpaired) electrons. The molecule has 0 bridgehead atoms. The van der Waals surface area contributed by atoms with E-state index in [2.05, 4.69) is 70.9 Å². The fourth-order valence-corrected chi connectivity index (χ4v) is 3.68. The van der Waals surface area contributed by atoms with E-state index in [9.17, 15) is 0 Å². The van der Waals surface area contributed by atoms with Crippen molar-refractivity contribution < 1.29 is 0 Å². The van der Waals surface area contributed by atoms with Gasteiger partial charge in [-0.25, -0.2) is 0 Å². The molecule has 2 heterocycles. The van der Waals surface area contributed by atoms with Crippen LogP contribution in [0.1, 0.15) is 37.6 Å². The minimum absolute atomic E-state index is 0. The normalized spacial score (nSPS) is 17.4. The smallest absolute Gasteiger partial charge is 0.191 e. The zero-order valence-electron chi connectivity index (χ0n) is 16.2. The van der Waals surface area contributed by atoms with Crippen LogP contribution in [0.15, 0.2) is 22.5 Å². The SMILES string of the molecule is CN=C(NCC(c1cccs1)N1CCCC1)NCC(C)(C)N(C)C.I. The van der Waals surface area contributed by atoms with Gasteiger partial charge in [-0.2, -0.15) is 0 Å². The molecule has 1 saturated heterocycles. The first kappa shape index (κ1) is 22.7. The second-order valence-corrected chi connectivity index (χ2v) is 8.27. The lowest BCUT2D eigenvalue weighted by atomic mass is 10.0. The van der Waals surface area contributed by atoms with E-state index in [1.54, 1.807) is 0 Å². The molecule has 0 amide bonds. The molecule has 1 unspecified atom stereocenters. The molecular formula is C18H34IN5S. The molecule has 2 N–H and O–H groups in total. The lowest BCUT2D eigenvalue weighted by Crippen LogP contribution is -2.51. The van der Waals surface area contributed by atoms with Crippen molar-refractivity contribution >= 4 is 41.3 Å². The molecule has 1 aliphatic heterocycles. The van der Waals surface area contributed by atoms with Gasteiger partial charge in [0.2, 0.25) is 0 Å². The number of hydrogen-bond acceptors (Lipinski definition) is 4. The molecule has 5 nitrogen and oxygen atoms in total. The Balaban J connectivity index is 0.00000312. The number of halogens is 1. The number of nitrogens with one attached hydrogen (secondary N) is 2. The number of aliphatic imine (C=N–C) groups is 1. The third-order valence-corrected chi connectivity index (χ3v) is 6.01. The van der Waals surface area contributed by atoms with Gasteiger partial charge in [0.25, 0.3) is 0 Å². The van der Waals surface area contributed by atoms with E-state index >= 15 is 0 Å². The molecule has 1 fully saturated rings. The first-order valence-corrected chi connectivity index (χ1v) is 9.71. The van der Waals surface area contributed by atoms with Gasteiger partial charge < -0.3 is 15.5 Å². The van der Waals surface area contributed by atoms with Gasteiger partial charge >= 0.3 is 0 Å². The standard InChI is InChI=1S/C18H33N5S.HI/c1-18(2,22(4)5)14-21-17(19-3)20-13-15(16-9-8-12-24-16)23-10-6-7-11-23;/h8-9,12,15H,6-7,10-11,13-14H2,1-5H3,(H2,19,20,21);1H. The van der Waals surface area contributed by atoms with Gasteiger partial charge in [0.1, 0.15) is 0 Å². The first-order chi connectivity index (χ1) is 11.4. The van der Waals surface area contributed by atoms with Crippen molar-refractivity contribution in [2.45, 2.75) is 38.3 Å². The third kappa shape index (κ3) is 6.69. The van der Waals surface area contributed by atoms with Crippen molar-refractivity contribution in [2.24, 2.45) is 4.99 Å². The summed E-state index contributed by atoms with van der Waals surface area (Å²) in [4.78, 5) is 10.7. The predicted molar refractivity (Wildman–Crippen MR) is 120 cm³/mol. The van der Waals surface area contributed by atoms with E-state index in [1.807, 2.05) is 18.4 Å². The second-order valence-electron chi connectivity index (χ2n) is 7.29. The highest BCUT2D eigenvalue weighted by Crippen LogP contribution is 2.27. The Kier molecular flexibility index (Phi) is 9.69. The number of thiophene rings is 1. The fraction of sp³-hybridized carbons (Fsp3) is 0.722. The lowest BCUT2D eigenvalue weighted by Gasteiger charge is -2.33. The van der Waals surface area contributed by atoms with Crippen molar-refractivity contribution in [3.05, 3.63) is 22.4 Å². The minimum Gasteiger partial charge on any atom is -0.355 e. The van der Waals surface area contributed by atoms with Gasteiger partial charge in [0.05, 0.1) is 6.04 Å². The highest BCUT2D eigenvalue weighted by molar-refractivity contribution is 14.0. The van der Waals surface area contributed by atoms with Crippen LogP contribution in [0, 0.1) is 0 Å². The van der Waals surface area contributed by atoms with Crippen LogP contribution in [-0.4, -0.2) is 68.6 Å². The van der Waals surface area contributed by atoms with Crippen LogP contribution >= 0.6 is 35.3 Å². The van der Waals surface area contributed by atoms with E-state index in [0.29, 0.717) is 6.04 Å². The zero-order chi connectivity index (χ0) is 17.6. The van der Waals surface area contributed by atoms with Crippen LogP contribution in [0.5, 0.6) is 0 Å². The average Bonchev–Trinajstić information content (AvgIpc) is 3.24. The fourth-order valence-electron chi connectivity index (χ4n) is 2.82. The Bertz CT molecular complexity index is 510. The van der Waals surface area contributed by atoms with Gasteiger partial charge in [-0.15, -0.1) is 35.3 Å². The first-order valence-electron chi connectivity index (χ1n) is 8.83. The molecule has 0 saturated carbocycles. The summed E-state index contributed by atoms with van der Waals surface area (Å²) in [6.45, 7) is 8.60. The molecule has 1 aliphatic rings. The predicted octanol–water partition coefficient (Wildman–Crippen LogP) is 3.01. The van der Waals surface area contributed by atoms with Crippen LogP contribution < -0.4 is 10.6 Å². The summed E-state index contributed by atoms with van der Waals surface area (Å²) in [7, 11) is 6.06. The van der Waals surface area contributed by atoms with E-state index in [1.165, 1.54) is 30.8 Å². The molecule has 1 aromatic heterocycles. The monoisotopic (exact) mass is 479 g/mol. The molecule has 0 aliphatic carbocycles. The number of nitrogens with zero attached hydrogens (tertiary/aromatic N) is 3. The summed E-state index contributed by atoms with van der Waals surface area (Å²) in [6, 6.07) is 4.84. The van der Waals surface area contributed by atoms with E-state index in [0.717, 1.165) is 19.0 Å². The number of guanidine groups is 1. The molecule has 0 aromatic carbocycles. The topological polar surface area (TPSA) is 42.9 Å². The highest BCUT2D eigenvalue weighted by Gasteiger charge is 2.25. The van der Waals surface area contributed by atoms with E-state index in [-0.39, 0.29) is 29.5 Å². The molecule has 7 heteroatoms. The molecule has 1 atom stereocenters. The Morgan fingerprint density at radius 1 is 1.32 bits per heavy atom. The van der Waals surface area contributed by atoms with Crippen molar-refractivity contribution in [1.29, 1.82) is 0 Å². The Hall–Kier alpha value is -0.380. The van der Waals surface area contributed by atoms with Crippen molar-refractivity contribution in [3.8, 4) is 0 Å². The second kappa shape index (κ2) is 10.7. The maximum Gasteiger partial charge on any atom is 0.191 e. The summed E-state index contributed by atoms with van der Waals surface area (Å²) in [5.74, 6) is 0.880. The van der Waals surface area contributed by atoms with Gasteiger partial charge in [0.15, 0.2) is 5.96 Å². The quantitative estimate of drug-likeness (QED) is 0.359. The average molecular weight is 479 g/mol. The molecule has 25 heavy (non-hydrogen) atoms. The Labute approximate surface area is 174 Å². The zero-order valence-corrected chi connectivity index (χ0v) is 19.4. The van der Waals surface area contributed by atoms with Crippen LogP contribution in [0.25, 0.3) is 0 Å². The van der Waals surface area contributed by atoms with E-state index < -0.39 is 0 Å². The van der Waals surface area contributed by atoms with Crippen LogP contribution in [0.3, 0.4) is 0 Å². The Morgan fingerprint density at radius 2 is 2.00 bits per heavy atom. The van der Waals surface area contributed by atoms with E-state index in [4.69, 9.17) is 0 Å². The van der Waals surface area contributed by atoms with Crippen LogP contribution in [-0.2, 0) is 0 Å². The largest absolute Gasteiger partial charge is 0.355 e. The Morgan fingerprint density at radius 3 is 2.52 bits per heavy atom. The van der Waals surface area contributed by atoms with Gasteiger partial charge in [-0.05, 0) is 65.3 Å². The summed E-state index contributed by atoms with van der Waals surface area (Å²) < 4.78 is 0.